The van der Waals surface area contributed by atoms with E-state index >= 15 is 0 Å². The van der Waals surface area contributed by atoms with Gasteiger partial charge in [0.15, 0.2) is 0 Å². The Labute approximate surface area is 160 Å². The van der Waals surface area contributed by atoms with Crippen molar-refractivity contribution >= 4 is 40.9 Å². The molecule has 6 nitrogen and oxygen atoms in total. The first kappa shape index (κ1) is 20.6. The van der Waals surface area contributed by atoms with Gasteiger partial charge in [0.05, 0.1) is 5.56 Å². The highest BCUT2D eigenvalue weighted by atomic mass is 31.1. The molecule has 2 aromatic rings. The summed E-state index contributed by atoms with van der Waals surface area (Å²) in [5.41, 5.74) is 13.3. The van der Waals surface area contributed by atoms with Crippen LogP contribution >= 0.6 is 16.9 Å². The molecule has 27 heavy (non-hydrogen) atoms. The maximum absolute atomic E-state index is 11.9. The Kier molecular flexibility index (Phi) is 6.73. The van der Waals surface area contributed by atoms with E-state index in [4.69, 9.17) is 11.5 Å². The first-order valence-corrected chi connectivity index (χ1v) is 9.99. The molecule has 0 aliphatic carbocycles. The fourth-order valence-corrected chi connectivity index (χ4v) is 3.74. The minimum Gasteiger partial charge on any atom is -0.366 e. The summed E-state index contributed by atoms with van der Waals surface area (Å²) in [5.74, 6) is -1.11. The van der Waals surface area contributed by atoms with E-state index in [-0.39, 0.29) is 5.56 Å². The summed E-state index contributed by atoms with van der Waals surface area (Å²) in [6, 6.07) is 11.5. The summed E-state index contributed by atoms with van der Waals surface area (Å²) in [6.45, 7) is 1.79. The highest BCUT2D eigenvalue weighted by Crippen LogP contribution is 2.49. The van der Waals surface area contributed by atoms with E-state index in [2.05, 4.69) is 0 Å². The summed E-state index contributed by atoms with van der Waals surface area (Å²) >= 11 is 0. The first-order valence-electron chi connectivity index (χ1n) is 8.17. The summed E-state index contributed by atoms with van der Waals surface area (Å²) < 4.78 is 23.7. The van der Waals surface area contributed by atoms with Gasteiger partial charge >= 0.3 is 21.8 Å². The van der Waals surface area contributed by atoms with E-state index in [0.29, 0.717) is 23.1 Å². The average Bonchev–Trinajstić information content (AvgIpc) is 2.68. The van der Waals surface area contributed by atoms with Gasteiger partial charge in [0.1, 0.15) is 0 Å². The zero-order chi connectivity index (χ0) is 20.0. The molecule has 2 aromatic carbocycles. The molecule has 0 aliphatic rings. The van der Waals surface area contributed by atoms with Gasteiger partial charge in [-0.1, -0.05) is 46.4 Å². The van der Waals surface area contributed by atoms with Crippen molar-refractivity contribution in [2.45, 2.75) is 18.2 Å². The molecule has 0 aromatic heterocycles. The van der Waals surface area contributed by atoms with Crippen LogP contribution in [0.15, 0.2) is 42.5 Å². The number of carbonyl (C=O) groups is 2. The van der Waals surface area contributed by atoms with Gasteiger partial charge in [0, 0.05) is 17.5 Å². The highest BCUT2D eigenvalue weighted by Gasteiger charge is 2.49. The van der Waals surface area contributed by atoms with Crippen LogP contribution in [0.3, 0.4) is 0 Å². The predicted octanol–water partition coefficient (Wildman–Crippen LogP) is 3.67. The number of amides is 2. The van der Waals surface area contributed by atoms with Crippen molar-refractivity contribution in [2.24, 2.45) is 11.5 Å². The molecule has 0 saturated carbocycles. The van der Waals surface area contributed by atoms with Crippen LogP contribution in [0.5, 0.6) is 0 Å². The van der Waals surface area contributed by atoms with Crippen molar-refractivity contribution in [3.63, 3.8) is 0 Å². The number of nitrogens with two attached hydrogens (primary N) is 2. The Morgan fingerprint density at radius 3 is 1.96 bits per heavy atom. The summed E-state index contributed by atoms with van der Waals surface area (Å²) in [7, 11) is -1.68. The van der Waals surface area contributed by atoms with Crippen LogP contribution in [0.4, 0.5) is 0 Å². The van der Waals surface area contributed by atoms with E-state index in [1.54, 1.807) is 61.5 Å². The van der Waals surface area contributed by atoms with E-state index < -0.39 is 33.6 Å². The molecule has 2 rings (SSSR count). The molecule has 2 unspecified atom stereocenters. The third-order valence-electron chi connectivity index (χ3n) is 4.33. The SMILES string of the molecule is CCC([PH+]=O)([PH+]=O)c1cc(C(N)=O)ccc1C=Cc1ccc(C(N)=O)cc1. The standard InChI is InChI=1S/C19H18N2O4P2/c1-2-19(26-24,27-25)16-11-15(18(21)23)10-9-13(16)6-3-12-4-7-14(8-5-12)17(20)22/h3-11H,2H2,1H3,(H2,20,22)(H2,21,23)/p+2. The number of benzene rings is 2. The largest absolute Gasteiger partial charge is 0.387 e. The minimum absolute atomic E-state index is 0.266. The maximum atomic E-state index is 11.9. The van der Waals surface area contributed by atoms with Crippen molar-refractivity contribution in [2.75, 3.05) is 0 Å². The number of carbonyl (C=O) groups excluding carboxylic acids is 2. The molecule has 0 bridgehead atoms. The van der Waals surface area contributed by atoms with Gasteiger partial charge in [0.25, 0.3) is 0 Å². The molecule has 4 N–H and O–H groups in total. The maximum Gasteiger partial charge on any atom is 0.387 e. The zero-order valence-electron chi connectivity index (χ0n) is 14.7. The minimum atomic E-state index is -1.05. The number of rotatable bonds is 8. The Bertz CT molecular complexity index is 916. The molecule has 0 radical (unpaired) electrons. The van der Waals surface area contributed by atoms with Crippen LogP contribution in [-0.2, 0) is 14.0 Å². The molecule has 0 saturated heterocycles. The van der Waals surface area contributed by atoms with E-state index in [9.17, 15) is 18.7 Å². The lowest BCUT2D eigenvalue weighted by Gasteiger charge is -2.11. The van der Waals surface area contributed by atoms with Gasteiger partial charge in [-0.15, -0.1) is 0 Å². The Morgan fingerprint density at radius 1 is 0.926 bits per heavy atom. The third-order valence-corrected chi connectivity index (χ3v) is 6.88. The summed E-state index contributed by atoms with van der Waals surface area (Å²) in [5, 5.41) is 0. The van der Waals surface area contributed by atoms with Crippen molar-refractivity contribution in [1.82, 2.24) is 0 Å². The fourth-order valence-electron chi connectivity index (χ4n) is 2.63. The monoisotopic (exact) mass is 402 g/mol. The van der Waals surface area contributed by atoms with Crippen molar-refractivity contribution in [3.8, 4) is 0 Å². The third kappa shape index (κ3) is 4.54. The van der Waals surface area contributed by atoms with Crippen molar-refractivity contribution in [3.05, 3.63) is 70.3 Å². The van der Waals surface area contributed by atoms with Crippen LogP contribution in [0.25, 0.3) is 12.2 Å². The van der Waals surface area contributed by atoms with Crippen LogP contribution in [0.2, 0.25) is 0 Å². The highest BCUT2D eigenvalue weighted by molar-refractivity contribution is 7.45. The van der Waals surface area contributed by atoms with Gasteiger partial charge in [-0.3, -0.25) is 9.59 Å². The molecular formula is C19H20N2O4P2+2. The molecule has 2 atom stereocenters. The molecule has 0 heterocycles. The average molecular weight is 402 g/mol. The van der Waals surface area contributed by atoms with E-state index in [1.165, 1.54) is 0 Å². The second-order valence-electron chi connectivity index (χ2n) is 5.95. The second-order valence-corrected chi connectivity index (χ2v) is 8.56. The van der Waals surface area contributed by atoms with Gasteiger partial charge in [-0.25, -0.2) is 0 Å². The van der Waals surface area contributed by atoms with E-state index in [0.717, 1.165) is 5.56 Å². The molecule has 8 heteroatoms. The van der Waals surface area contributed by atoms with Crippen LogP contribution in [0.1, 0.15) is 50.8 Å². The first-order chi connectivity index (χ1) is 12.9. The molecular weight excluding hydrogens is 382 g/mol. The lowest BCUT2D eigenvalue weighted by atomic mass is 9.97. The van der Waals surface area contributed by atoms with E-state index in [1.807, 2.05) is 0 Å². The second kappa shape index (κ2) is 8.81. The van der Waals surface area contributed by atoms with Crippen LogP contribution in [-0.4, -0.2) is 11.8 Å². The zero-order valence-corrected chi connectivity index (χ0v) is 16.7. The smallest absolute Gasteiger partial charge is 0.366 e. The summed E-state index contributed by atoms with van der Waals surface area (Å²) in [6.07, 6.45) is 3.97. The molecule has 0 fully saturated rings. The van der Waals surface area contributed by atoms with Gasteiger partial charge in [0.2, 0.25) is 11.8 Å². The quantitative estimate of drug-likeness (QED) is 0.517. The summed E-state index contributed by atoms with van der Waals surface area (Å²) in [4.78, 5) is 21.6. The lowest BCUT2D eigenvalue weighted by molar-refractivity contribution is 0.0992. The normalized spacial score (nSPS) is 13.7. The predicted molar refractivity (Wildman–Crippen MR) is 109 cm³/mol. The molecule has 138 valence electrons. The lowest BCUT2D eigenvalue weighted by Crippen LogP contribution is -2.16. The van der Waals surface area contributed by atoms with Gasteiger partial charge in [-0.2, -0.15) is 0 Å². The fraction of sp³-hybridized carbons (Fsp3) is 0.158. The van der Waals surface area contributed by atoms with Gasteiger partial charge in [-0.05, 0) is 35.4 Å². The van der Waals surface area contributed by atoms with Crippen molar-refractivity contribution in [1.29, 1.82) is 0 Å². The number of hydrogen-bond donors (Lipinski definition) is 2. The van der Waals surface area contributed by atoms with Crippen molar-refractivity contribution < 1.29 is 18.7 Å². The number of primary amides is 2. The Balaban J connectivity index is 2.52. The molecule has 2 amide bonds. The van der Waals surface area contributed by atoms with Crippen LogP contribution in [0, 0.1) is 0 Å². The molecule has 0 aliphatic heterocycles. The van der Waals surface area contributed by atoms with Crippen LogP contribution < -0.4 is 11.5 Å². The molecule has 0 spiro atoms. The Morgan fingerprint density at radius 2 is 1.48 bits per heavy atom. The van der Waals surface area contributed by atoms with Gasteiger partial charge < -0.3 is 11.5 Å². The topological polar surface area (TPSA) is 120 Å². The Hall–Kier alpha value is -2.68. The number of hydrogen-bond acceptors (Lipinski definition) is 4.